The Morgan fingerprint density at radius 2 is 1.52 bits per heavy atom. The van der Waals surface area contributed by atoms with Crippen LogP contribution >= 0.6 is 0 Å². The molecule has 15 heteroatoms. The number of cyclic esters (lactones) is 1. The van der Waals surface area contributed by atoms with Crippen LogP contribution < -0.4 is 0 Å². The van der Waals surface area contributed by atoms with E-state index in [0.717, 1.165) is 32.1 Å². The summed E-state index contributed by atoms with van der Waals surface area (Å²) in [4.78, 5) is 44.0. The number of rotatable bonds is 11. The molecule has 348 valence electrons. The number of hydrogen-bond acceptors (Lipinski definition) is 15. The zero-order valence-corrected chi connectivity index (χ0v) is 38.6. The van der Waals surface area contributed by atoms with Crippen LogP contribution in [0.3, 0.4) is 0 Å². The van der Waals surface area contributed by atoms with Crippen LogP contribution in [0.5, 0.6) is 0 Å². The van der Waals surface area contributed by atoms with Crippen molar-refractivity contribution in [2.45, 2.75) is 218 Å². The quantitative estimate of drug-likeness (QED) is 0.214. The first-order chi connectivity index (χ1) is 27.9. The molecule has 0 radical (unpaired) electrons. The molecule has 8 unspecified atom stereocenters. The van der Waals surface area contributed by atoms with Crippen LogP contribution in [0, 0.1) is 29.6 Å². The molecule has 3 saturated heterocycles. The fraction of sp³-hybridized carbons (Fsp3) is 0.933. The number of likely N-dealkylation sites (N-methyl/N-ethyl adjacent to an activating group) is 1. The minimum absolute atomic E-state index is 0.0798. The lowest BCUT2D eigenvalue weighted by Gasteiger charge is -2.49. The molecule has 0 aromatic rings. The van der Waals surface area contributed by atoms with Gasteiger partial charge in [0.2, 0.25) is 0 Å². The van der Waals surface area contributed by atoms with Gasteiger partial charge in [0.1, 0.15) is 23.6 Å². The van der Waals surface area contributed by atoms with Gasteiger partial charge in [0, 0.05) is 37.7 Å². The number of carbonyl (C=O) groups excluding carboxylic acids is 3. The van der Waals surface area contributed by atoms with E-state index >= 15 is 0 Å². The number of nitrogens with zero attached hydrogens (tertiary/aromatic N) is 1. The highest BCUT2D eigenvalue weighted by molar-refractivity contribution is 5.83. The first-order valence-electron chi connectivity index (χ1n) is 22.5. The van der Waals surface area contributed by atoms with E-state index < -0.39 is 108 Å². The number of aliphatic hydroxyl groups excluding tert-OH is 2. The predicted molar refractivity (Wildman–Crippen MR) is 221 cm³/mol. The zero-order valence-electron chi connectivity index (χ0n) is 38.6. The highest BCUT2D eigenvalue weighted by Crippen LogP contribution is 2.41. The predicted octanol–water partition coefficient (Wildman–Crippen LogP) is 4.31. The SMILES string of the molecule is CC[C@H]1OC(=O)[C@H](C)[C@@H](OC2CC(C)(OC)C(O)C(C)O2)[C@H](C)[C@@H](OC2OC(C)CC(N(C)C)C2OC(=O)CCC2CCCC2)[C@](C)(O)C[C@@H](C)C(=O)[C@H](C)[C@@H](O)[C@]1(C)O. The van der Waals surface area contributed by atoms with Gasteiger partial charge >= 0.3 is 11.9 Å². The van der Waals surface area contributed by atoms with Gasteiger partial charge in [-0.2, -0.15) is 0 Å². The Kier molecular flexibility index (Phi) is 17.6. The van der Waals surface area contributed by atoms with Gasteiger partial charge in [0.25, 0.3) is 0 Å². The van der Waals surface area contributed by atoms with Gasteiger partial charge in [-0.3, -0.25) is 14.4 Å². The zero-order chi connectivity index (χ0) is 45.1. The smallest absolute Gasteiger partial charge is 0.311 e. The van der Waals surface area contributed by atoms with Crippen LogP contribution in [0.15, 0.2) is 0 Å². The number of ether oxygens (including phenoxy) is 7. The molecule has 0 spiro atoms. The molecular weight excluding hydrogens is 778 g/mol. The molecule has 3 heterocycles. The van der Waals surface area contributed by atoms with Gasteiger partial charge in [0.05, 0.1) is 53.7 Å². The summed E-state index contributed by atoms with van der Waals surface area (Å²) < 4.78 is 44.4. The standard InChI is InChI=1S/C45H79NO14/c1-14-32-45(10,53)38(49)26(4)35(48)24(2)22-43(8,52)40(27(5)36(28(6)41(51)57-32)59-34-23-44(9,54-13)39(50)29(7)56-34)60-42-37(31(46(11)12)21-25(3)55-42)58-33(47)20-19-30-17-15-16-18-30/h24-32,34,36-40,42,49-50,52-53H,14-23H2,1-13H3/t24-,25?,26+,27+,28-,29?,31?,32-,34?,36+,37?,38-,39?,40-,42?,43-,44?,45-/m1/s1. The molecule has 60 heavy (non-hydrogen) atoms. The van der Waals surface area contributed by atoms with E-state index in [2.05, 4.69) is 0 Å². The van der Waals surface area contributed by atoms with Crippen molar-refractivity contribution in [3.05, 3.63) is 0 Å². The minimum Gasteiger partial charge on any atom is -0.459 e. The molecule has 18 atom stereocenters. The molecule has 0 bridgehead atoms. The van der Waals surface area contributed by atoms with E-state index in [1.54, 1.807) is 48.5 Å². The molecular formula is C45H79NO14. The molecule has 1 aliphatic carbocycles. The number of esters is 2. The number of ketones is 1. The molecule has 0 aromatic heterocycles. The molecule has 0 amide bonds. The van der Waals surface area contributed by atoms with Crippen LogP contribution in [0.2, 0.25) is 0 Å². The number of carbonyl (C=O) groups is 3. The Balaban J connectivity index is 1.82. The fourth-order valence-corrected chi connectivity index (χ4v) is 10.4. The second-order valence-corrected chi connectivity index (χ2v) is 19.6. The second kappa shape index (κ2) is 20.8. The van der Waals surface area contributed by atoms with Crippen molar-refractivity contribution in [1.82, 2.24) is 4.90 Å². The van der Waals surface area contributed by atoms with Crippen LogP contribution in [0.4, 0.5) is 0 Å². The van der Waals surface area contributed by atoms with E-state index in [1.165, 1.54) is 21.0 Å². The number of methoxy groups -OCH3 is 1. The molecule has 4 N–H and O–H groups in total. The summed E-state index contributed by atoms with van der Waals surface area (Å²) in [5, 5.41) is 46.9. The summed E-state index contributed by atoms with van der Waals surface area (Å²) in [6.45, 7) is 16.5. The Hall–Kier alpha value is -1.79. The highest BCUT2D eigenvalue weighted by atomic mass is 16.7. The van der Waals surface area contributed by atoms with Gasteiger partial charge in [0.15, 0.2) is 18.7 Å². The van der Waals surface area contributed by atoms with Gasteiger partial charge in [-0.1, -0.05) is 53.4 Å². The maximum absolute atomic E-state index is 14.3. The molecule has 4 aliphatic rings. The van der Waals surface area contributed by atoms with Crippen LogP contribution in [0.25, 0.3) is 0 Å². The molecule has 1 saturated carbocycles. The minimum atomic E-state index is -2.01. The molecule has 4 fully saturated rings. The third-order valence-corrected chi connectivity index (χ3v) is 14.3. The molecule has 4 rings (SSSR count). The van der Waals surface area contributed by atoms with Crippen LogP contribution in [-0.2, 0) is 47.5 Å². The monoisotopic (exact) mass is 858 g/mol. The van der Waals surface area contributed by atoms with E-state index in [4.69, 9.17) is 33.2 Å². The van der Waals surface area contributed by atoms with Crippen molar-refractivity contribution >= 4 is 17.7 Å². The fourth-order valence-electron chi connectivity index (χ4n) is 10.4. The van der Waals surface area contributed by atoms with E-state index in [9.17, 15) is 34.8 Å². The summed E-state index contributed by atoms with van der Waals surface area (Å²) in [6, 6.07) is -0.314. The second-order valence-electron chi connectivity index (χ2n) is 19.6. The third-order valence-electron chi connectivity index (χ3n) is 14.3. The summed E-state index contributed by atoms with van der Waals surface area (Å²) in [7, 11) is 5.29. The largest absolute Gasteiger partial charge is 0.459 e. The molecule has 3 aliphatic heterocycles. The Morgan fingerprint density at radius 3 is 2.10 bits per heavy atom. The highest BCUT2D eigenvalue weighted by Gasteiger charge is 2.54. The van der Waals surface area contributed by atoms with Gasteiger partial charge < -0.3 is 58.5 Å². The summed E-state index contributed by atoms with van der Waals surface area (Å²) in [5.74, 6) is -4.99. The van der Waals surface area contributed by atoms with Crippen molar-refractivity contribution in [1.29, 1.82) is 0 Å². The van der Waals surface area contributed by atoms with Crippen LogP contribution in [0.1, 0.15) is 133 Å². The molecule has 0 aromatic carbocycles. The normalized spacial score (nSPS) is 45.6. The number of hydrogen-bond donors (Lipinski definition) is 4. The lowest BCUT2D eigenvalue weighted by Crippen LogP contribution is -2.61. The first kappa shape index (κ1) is 50.9. The third kappa shape index (κ3) is 11.7. The van der Waals surface area contributed by atoms with Gasteiger partial charge in [-0.15, -0.1) is 0 Å². The van der Waals surface area contributed by atoms with E-state index in [-0.39, 0.29) is 43.8 Å². The van der Waals surface area contributed by atoms with E-state index in [0.29, 0.717) is 12.3 Å². The Morgan fingerprint density at radius 1 is 0.883 bits per heavy atom. The van der Waals surface area contributed by atoms with Crippen molar-refractivity contribution in [3.63, 3.8) is 0 Å². The topological polar surface area (TPSA) is 200 Å². The first-order valence-corrected chi connectivity index (χ1v) is 22.5. The number of Topliss-reactive ketones (excluding diaryl/α,β-unsaturated/α-hetero) is 1. The van der Waals surface area contributed by atoms with Crippen molar-refractivity contribution in [2.24, 2.45) is 29.6 Å². The lowest BCUT2D eigenvalue weighted by atomic mass is 9.74. The Bertz CT molecular complexity index is 1420. The van der Waals surface area contributed by atoms with Crippen LogP contribution in [-0.4, -0.2) is 149 Å². The maximum Gasteiger partial charge on any atom is 0.311 e. The molecule has 15 nitrogen and oxygen atoms in total. The van der Waals surface area contributed by atoms with Gasteiger partial charge in [-0.05, 0) is 87.2 Å². The number of aliphatic hydroxyl groups is 4. The van der Waals surface area contributed by atoms with Crippen molar-refractivity contribution in [2.75, 3.05) is 21.2 Å². The Labute approximate surface area is 358 Å². The lowest BCUT2D eigenvalue weighted by molar-refractivity contribution is -0.319. The van der Waals surface area contributed by atoms with Crippen molar-refractivity contribution in [3.8, 4) is 0 Å². The average molecular weight is 858 g/mol. The summed E-state index contributed by atoms with van der Waals surface area (Å²) >= 11 is 0. The van der Waals surface area contributed by atoms with E-state index in [1.807, 2.05) is 25.9 Å². The maximum atomic E-state index is 14.3. The summed E-state index contributed by atoms with van der Waals surface area (Å²) in [6.07, 6.45) is -4.24. The van der Waals surface area contributed by atoms with Gasteiger partial charge in [-0.25, -0.2) is 0 Å². The summed E-state index contributed by atoms with van der Waals surface area (Å²) in [5.41, 5.74) is -4.93. The average Bonchev–Trinajstić information content (AvgIpc) is 3.71. The van der Waals surface area contributed by atoms with Crippen molar-refractivity contribution < 1.29 is 68.0 Å².